The van der Waals surface area contributed by atoms with Crippen LogP contribution in [0.3, 0.4) is 0 Å². The van der Waals surface area contributed by atoms with E-state index in [0.717, 1.165) is 19.3 Å². The van der Waals surface area contributed by atoms with Gasteiger partial charge in [0.25, 0.3) is 0 Å². The third-order valence-corrected chi connectivity index (χ3v) is 6.42. The van der Waals surface area contributed by atoms with E-state index in [4.69, 9.17) is 18.0 Å². The van der Waals surface area contributed by atoms with Crippen LogP contribution in [0.25, 0.3) is 0 Å². The highest BCUT2D eigenvalue weighted by atomic mass is 32.2. The minimum Gasteiger partial charge on any atom is -0.392 e. The molecule has 1 rings (SSSR count). The van der Waals surface area contributed by atoms with Gasteiger partial charge in [-0.05, 0) is 37.5 Å². The topological polar surface area (TPSA) is 72.2 Å². The summed E-state index contributed by atoms with van der Waals surface area (Å²) < 4.78 is 27.1. The van der Waals surface area contributed by atoms with Crippen LogP contribution in [0.2, 0.25) is 0 Å². The van der Waals surface area contributed by atoms with Crippen LogP contribution in [0.15, 0.2) is 0 Å². The highest BCUT2D eigenvalue weighted by Crippen LogP contribution is 2.29. The van der Waals surface area contributed by atoms with Crippen molar-refractivity contribution in [3.8, 4) is 0 Å². The van der Waals surface area contributed by atoms with Crippen LogP contribution in [-0.2, 0) is 10.0 Å². The Hall–Kier alpha value is -0.200. The van der Waals surface area contributed by atoms with Gasteiger partial charge in [0.2, 0.25) is 10.0 Å². The van der Waals surface area contributed by atoms with Gasteiger partial charge in [-0.3, -0.25) is 0 Å². The van der Waals surface area contributed by atoms with Crippen LogP contribution in [0, 0.1) is 11.8 Å². The summed E-state index contributed by atoms with van der Waals surface area (Å²) in [6.45, 7) is 6.18. The average molecular weight is 292 g/mol. The molecule has 0 heterocycles. The summed E-state index contributed by atoms with van der Waals surface area (Å²) in [5.41, 5.74) is 5.50. The number of hydrogen-bond acceptors (Lipinski definition) is 3. The van der Waals surface area contributed by atoms with Crippen molar-refractivity contribution in [2.24, 2.45) is 17.6 Å². The van der Waals surface area contributed by atoms with Gasteiger partial charge in [-0.15, -0.1) is 0 Å². The predicted octanol–water partition coefficient (Wildman–Crippen LogP) is 1.80. The fraction of sp³-hybridized carbons (Fsp3) is 0.917. The van der Waals surface area contributed by atoms with Gasteiger partial charge in [-0.25, -0.2) is 13.1 Å². The molecule has 4 unspecified atom stereocenters. The minimum atomic E-state index is -3.43. The molecule has 3 N–H and O–H groups in total. The van der Waals surface area contributed by atoms with Crippen molar-refractivity contribution < 1.29 is 8.42 Å². The third kappa shape index (κ3) is 3.90. The average Bonchev–Trinajstić information content (AvgIpc) is 2.22. The number of thiocarbonyl (C=S) groups is 1. The molecule has 0 aliphatic heterocycles. The smallest absolute Gasteiger partial charge is 0.221 e. The van der Waals surface area contributed by atoms with Crippen LogP contribution >= 0.6 is 12.2 Å². The summed E-state index contributed by atoms with van der Waals surface area (Å²) in [5.74, 6) is 1.22. The first-order valence-electron chi connectivity index (χ1n) is 6.58. The van der Waals surface area contributed by atoms with Crippen molar-refractivity contribution in [2.45, 2.75) is 57.7 Å². The fourth-order valence-electron chi connectivity index (χ4n) is 2.54. The van der Waals surface area contributed by atoms with E-state index in [1.807, 2.05) is 0 Å². The highest BCUT2D eigenvalue weighted by Gasteiger charge is 2.32. The summed E-state index contributed by atoms with van der Waals surface area (Å²) in [4.78, 5) is 0.0576. The lowest BCUT2D eigenvalue weighted by atomic mass is 9.79. The zero-order valence-electron chi connectivity index (χ0n) is 11.3. The second kappa shape index (κ2) is 6.30. The lowest BCUT2D eigenvalue weighted by molar-refractivity contribution is 0.241. The van der Waals surface area contributed by atoms with Gasteiger partial charge in [0.1, 0.15) is 5.25 Å². The summed E-state index contributed by atoms with van der Waals surface area (Å²) in [6, 6.07) is 0.0320. The molecular weight excluding hydrogens is 268 g/mol. The summed E-state index contributed by atoms with van der Waals surface area (Å²) in [7, 11) is -3.43. The van der Waals surface area contributed by atoms with E-state index in [1.165, 1.54) is 0 Å². The Balaban J connectivity index is 2.69. The lowest BCUT2D eigenvalue weighted by Crippen LogP contribution is -2.47. The summed E-state index contributed by atoms with van der Waals surface area (Å²) >= 11 is 4.83. The maximum Gasteiger partial charge on any atom is 0.221 e. The third-order valence-electron chi connectivity index (χ3n) is 3.99. The lowest BCUT2D eigenvalue weighted by Gasteiger charge is -2.33. The van der Waals surface area contributed by atoms with Gasteiger partial charge in [-0.1, -0.05) is 33.0 Å². The molecule has 0 saturated heterocycles. The molecule has 0 spiro atoms. The standard InChI is InChI=1S/C12H24N2O2S2/c1-4-11(12(13)17)18(15,16)14-10-6-5-8(2)9(3)7-10/h8-11,14H,4-7H2,1-3H3,(H2,13,17). The molecule has 0 amide bonds. The quantitative estimate of drug-likeness (QED) is 0.758. The number of hydrogen-bond donors (Lipinski definition) is 2. The fourth-order valence-corrected chi connectivity index (χ4v) is 4.68. The zero-order chi connectivity index (χ0) is 13.9. The van der Waals surface area contributed by atoms with Crippen molar-refractivity contribution in [2.75, 3.05) is 0 Å². The van der Waals surface area contributed by atoms with Crippen molar-refractivity contribution in [3.63, 3.8) is 0 Å². The van der Waals surface area contributed by atoms with Crippen LogP contribution in [0.4, 0.5) is 0 Å². The van der Waals surface area contributed by atoms with Gasteiger partial charge in [0, 0.05) is 6.04 Å². The molecule has 1 fully saturated rings. The molecule has 4 atom stereocenters. The van der Waals surface area contributed by atoms with Gasteiger partial charge < -0.3 is 5.73 Å². The Labute approximate surface area is 116 Å². The molecule has 0 aromatic carbocycles. The number of sulfonamides is 1. The first-order valence-corrected chi connectivity index (χ1v) is 8.53. The normalized spacial score (nSPS) is 30.9. The van der Waals surface area contributed by atoms with Crippen molar-refractivity contribution in [1.82, 2.24) is 4.72 Å². The molecule has 1 aliphatic carbocycles. The monoisotopic (exact) mass is 292 g/mol. The maximum absolute atomic E-state index is 12.2. The SMILES string of the molecule is CCC(C(N)=S)S(=O)(=O)NC1CCC(C)C(C)C1. The zero-order valence-corrected chi connectivity index (χ0v) is 13.0. The van der Waals surface area contributed by atoms with Gasteiger partial charge >= 0.3 is 0 Å². The van der Waals surface area contributed by atoms with E-state index in [-0.39, 0.29) is 11.0 Å². The number of nitrogens with two attached hydrogens (primary N) is 1. The first kappa shape index (κ1) is 15.9. The summed E-state index contributed by atoms with van der Waals surface area (Å²) in [5, 5.41) is -0.748. The van der Waals surface area contributed by atoms with E-state index in [0.29, 0.717) is 18.3 Å². The highest BCUT2D eigenvalue weighted by molar-refractivity contribution is 7.93. The van der Waals surface area contributed by atoms with Gasteiger partial charge in [0.05, 0.1) is 4.99 Å². The summed E-state index contributed by atoms with van der Waals surface area (Å²) in [6.07, 6.45) is 3.29. The molecule has 6 heteroatoms. The van der Waals surface area contributed by atoms with Crippen LogP contribution < -0.4 is 10.5 Å². The molecule has 0 bridgehead atoms. The van der Waals surface area contributed by atoms with E-state index in [2.05, 4.69) is 18.6 Å². The molecule has 106 valence electrons. The molecule has 0 radical (unpaired) electrons. The molecule has 4 nitrogen and oxygen atoms in total. The Kier molecular flexibility index (Phi) is 5.55. The van der Waals surface area contributed by atoms with Crippen molar-refractivity contribution in [3.05, 3.63) is 0 Å². The van der Waals surface area contributed by atoms with Gasteiger partial charge in [-0.2, -0.15) is 0 Å². The van der Waals surface area contributed by atoms with E-state index >= 15 is 0 Å². The van der Waals surface area contributed by atoms with E-state index in [9.17, 15) is 8.42 Å². The van der Waals surface area contributed by atoms with E-state index in [1.54, 1.807) is 6.92 Å². The second-order valence-corrected chi connectivity index (χ2v) is 7.79. The maximum atomic E-state index is 12.2. The predicted molar refractivity (Wildman–Crippen MR) is 78.9 cm³/mol. The Morgan fingerprint density at radius 1 is 1.39 bits per heavy atom. The number of rotatable bonds is 5. The molecule has 1 saturated carbocycles. The first-order chi connectivity index (χ1) is 8.27. The molecule has 0 aromatic heterocycles. The second-order valence-electron chi connectivity index (χ2n) is 5.43. The van der Waals surface area contributed by atoms with Crippen molar-refractivity contribution >= 4 is 27.2 Å². The Morgan fingerprint density at radius 2 is 2.00 bits per heavy atom. The number of nitrogens with one attached hydrogen (secondary N) is 1. The molecule has 1 aliphatic rings. The Morgan fingerprint density at radius 3 is 2.44 bits per heavy atom. The van der Waals surface area contributed by atoms with Crippen LogP contribution in [0.5, 0.6) is 0 Å². The Bertz CT molecular complexity index is 395. The largest absolute Gasteiger partial charge is 0.392 e. The van der Waals surface area contributed by atoms with Gasteiger partial charge in [0.15, 0.2) is 0 Å². The van der Waals surface area contributed by atoms with Crippen LogP contribution in [-0.4, -0.2) is 24.7 Å². The molecule has 18 heavy (non-hydrogen) atoms. The van der Waals surface area contributed by atoms with Crippen molar-refractivity contribution in [1.29, 1.82) is 0 Å². The molecule has 0 aromatic rings. The molecular formula is C12H24N2O2S2. The minimum absolute atomic E-state index is 0.0320. The van der Waals surface area contributed by atoms with E-state index < -0.39 is 15.3 Å². The van der Waals surface area contributed by atoms with Crippen LogP contribution in [0.1, 0.15) is 46.5 Å².